The van der Waals surface area contributed by atoms with E-state index in [2.05, 4.69) is 16.0 Å². The number of aryl methyl sites for hydroxylation is 2. The summed E-state index contributed by atoms with van der Waals surface area (Å²) in [4.78, 5) is 39.4. The van der Waals surface area contributed by atoms with E-state index in [9.17, 15) is 14.4 Å². The number of ether oxygens (including phenoxy) is 1. The third-order valence-electron chi connectivity index (χ3n) is 6.00. The monoisotopic (exact) mass is 436 g/mol. The first kappa shape index (κ1) is 21.8. The van der Waals surface area contributed by atoms with E-state index >= 15 is 0 Å². The third kappa shape index (κ3) is 4.91. The number of piperazine rings is 1. The van der Waals surface area contributed by atoms with Gasteiger partial charge < -0.3 is 25.6 Å². The van der Waals surface area contributed by atoms with Crippen molar-refractivity contribution in [2.75, 3.05) is 18.5 Å². The number of hydrogen-bond acceptors (Lipinski definition) is 4. The van der Waals surface area contributed by atoms with Gasteiger partial charge in [-0.2, -0.15) is 0 Å². The number of urea groups is 1. The lowest BCUT2D eigenvalue weighted by Crippen LogP contribution is -2.62. The van der Waals surface area contributed by atoms with E-state index in [4.69, 9.17) is 4.74 Å². The van der Waals surface area contributed by atoms with Crippen LogP contribution in [0.3, 0.4) is 0 Å². The number of carbonyl (C=O) groups is 3. The van der Waals surface area contributed by atoms with Crippen LogP contribution in [0.5, 0.6) is 0 Å². The van der Waals surface area contributed by atoms with Crippen LogP contribution in [0.25, 0.3) is 0 Å². The van der Waals surface area contributed by atoms with Gasteiger partial charge in [-0.05, 0) is 49.1 Å². The molecule has 3 N–H and O–H groups in total. The fourth-order valence-electron chi connectivity index (χ4n) is 4.12. The number of rotatable bonds is 6. The van der Waals surface area contributed by atoms with Gasteiger partial charge in [0.2, 0.25) is 11.8 Å². The molecule has 0 saturated carbocycles. The van der Waals surface area contributed by atoms with Gasteiger partial charge in [-0.1, -0.05) is 36.4 Å². The van der Waals surface area contributed by atoms with E-state index in [0.29, 0.717) is 25.3 Å². The van der Waals surface area contributed by atoms with E-state index in [1.165, 1.54) is 0 Å². The molecule has 0 unspecified atom stereocenters. The summed E-state index contributed by atoms with van der Waals surface area (Å²) in [6, 6.07) is 13.4. The van der Waals surface area contributed by atoms with Gasteiger partial charge in [0.15, 0.2) is 0 Å². The summed E-state index contributed by atoms with van der Waals surface area (Å²) in [6.07, 6.45) is 0.384. The smallest absolute Gasteiger partial charge is 0.319 e. The molecule has 4 rings (SSSR count). The zero-order valence-electron chi connectivity index (χ0n) is 18.3. The van der Waals surface area contributed by atoms with E-state index in [1.807, 2.05) is 62.4 Å². The van der Waals surface area contributed by atoms with Crippen LogP contribution in [0.15, 0.2) is 48.5 Å². The predicted molar refractivity (Wildman–Crippen MR) is 120 cm³/mol. The van der Waals surface area contributed by atoms with E-state index in [0.717, 1.165) is 16.7 Å². The first-order valence-corrected chi connectivity index (χ1v) is 10.8. The molecule has 2 aromatic carbocycles. The Balaban J connectivity index is 1.30. The minimum absolute atomic E-state index is 0.105. The maximum absolute atomic E-state index is 12.9. The van der Waals surface area contributed by atoms with Gasteiger partial charge in [0.1, 0.15) is 12.1 Å². The zero-order valence-corrected chi connectivity index (χ0v) is 18.3. The highest BCUT2D eigenvalue weighted by molar-refractivity contribution is 5.98. The molecular weight excluding hydrogens is 408 g/mol. The highest BCUT2D eigenvalue weighted by atomic mass is 16.5. The molecule has 2 fully saturated rings. The lowest BCUT2D eigenvalue weighted by molar-refractivity contribution is -0.148. The normalized spacial score (nSPS) is 22.3. The van der Waals surface area contributed by atoms with Crippen molar-refractivity contribution < 1.29 is 19.1 Å². The van der Waals surface area contributed by atoms with Crippen molar-refractivity contribution in [1.82, 2.24) is 15.5 Å². The molecule has 4 amide bonds. The number of benzene rings is 2. The Morgan fingerprint density at radius 3 is 2.66 bits per heavy atom. The van der Waals surface area contributed by atoms with Crippen LogP contribution in [0.1, 0.15) is 23.1 Å². The van der Waals surface area contributed by atoms with Crippen LogP contribution in [0.4, 0.5) is 10.5 Å². The Kier molecular flexibility index (Phi) is 6.41. The van der Waals surface area contributed by atoms with Gasteiger partial charge in [-0.3, -0.25) is 9.59 Å². The van der Waals surface area contributed by atoms with Crippen LogP contribution in [-0.4, -0.2) is 54.0 Å². The van der Waals surface area contributed by atoms with Gasteiger partial charge in [0.05, 0.1) is 19.3 Å². The van der Waals surface area contributed by atoms with Gasteiger partial charge >= 0.3 is 6.03 Å². The van der Waals surface area contributed by atoms with Gasteiger partial charge in [-0.25, -0.2) is 4.79 Å². The third-order valence-corrected chi connectivity index (χ3v) is 6.00. The standard InChI is InChI=1S/C24H28N4O4/c1-15-8-9-18(10-16(15)2)25-24(31)26-19-11-21-22(29)27-20(23(30)28(21)12-19)14-32-13-17-6-4-3-5-7-17/h3-10,19-21H,11-14H2,1-2H3,(H,27,29)(H2,25,26,31)/t19-,20-,21-/m0/s1. The summed E-state index contributed by atoms with van der Waals surface area (Å²) in [5, 5.41) is 8.47. The molecule has 2 heterocycles. The van der Waals surface area contributed by atoms with Crippen LogP contribution in [-0.2, 0) is 20.9 Å². The van der Waals surface area contributed by atoms with Crippen molar-refractivity contribution in [3.05, 3.63) is 65.2 Å². The molecular formula is C24H28N4O4. The number of nitrogens with zero attached hydrogens (tertiary/aromatic N) is 1. The molecule has 168 valence electrons. The Bertz CT molecular complexity index is 1010. The number of anilines is 1. The maximum atomic E-state index is 12.9. The molecule has 0 aromatic heterocycles. The van der Waals surface area contributed by atoms with Crippen LogP contribution in [0.2, 0.25) is 0 Å². The second kappa shape index (κ2) is 9.40. The molecule has 8 heteroatoms. The summed E-state index contributed by atoms with van der Waals surface area (Å²) in [6.45, 7) is 4.76. The van der Waals surface area contributed by atoms with Gasteiger partial charge in [0, 0.05) is 12.2 Å². The van der Waals surface area contributed by atoms with Crippen molar-refractivity contribution in [2.45, 2.75) is 45.0 Å². The summed E-state index contributed by atoms with van der Waals surface area (Å²) in [7, 11) is 0. The number of nitrogens with one attached hydrogen (secondary N) is 3. The lowest BCUT2D eigenvalue weighted by Gasteiger charge is -2.34. The fourth-order valence-corrected chi connectivity index (χ4v) is 4.12. The number of amides is 4. The lowest BCUT2D eigenvalue weighted by atomic mass is 10.1. The molecule has 0 aliphatic carbocycles. The van der Waals surface area contributed by atoms with Crippen molar-refractivity contribution in [2.24, 2.45) is 0 Å². The molecule has 0 radical (unpaired) electrons. The Morgan fingerprint density at radius 1 is 1.12 bits per heavy atom. The van der Waals surface area contributed by atoms with Gasteiger partial charge in [0.25, 0.3) is 0 Å². The molecule has 2 aromatic rings. The SMILES string of the molecule is Cc1ccc(NC(=O)N[C@H]2C[C@H]3C(=O)N[C@@H](COCc4ccccc4)C(=O)N3C2)cc1C. The largest absolute Gasteiger partial charge is 0.374 e. The topological polar surface area (TPSA) is 99.8 Å². The van der Waals surface area contributed by atoms with Crippen LogP contribution < -0.4 is 16.0 Å². The first-order valence-electron chi connectivity index (χ1n) is 10.8. The second-order valence-electron chi connectivity index (χ2n) is 8.40. The molecule has 0 spiro atoms. The molecule has 3 atom stereocenters. The maximum Gasteiger partial charge on any atom is 0.319 e. The quantitative estimate of drug-likeness (QED) is 0.646. The summed E-state index contributed by atoms with van der Waals surface area (Å²) < 4.78 is 5.66. The van der Waals surface area contributed by atoms with Crippen LogP contribution in [0, 0.1) is 13.8 Å². The minimum atomic E-state index is -0.717. The summed E-state index contributed by atoms with van der Waals surface area (Å²) >= 11 is 0. The Morgan fingerprint density at radius 2 is 1.91 bits per heavy atom. The highest BCUT2D eigenvalue weighted by Gasteiger charge is 2.46. The van der Waals surface area contributed by atoms with E-state index < -0.39 is 12.1 Å². The molecule has 2 aliphatic rings. The Labute approximate surface area is 187 Å². The molecule has 32 heavy (non-hydrogen) atoms. The predicted octanol–water partition coefficient (Wildman–Crippen LogP) is 2.11. The average molecular weight is 437 g/mol. The van der Waals surface area contributed by atoms with Gasteiger partial charge in [-0.15, -0.1) is 0 Å². The summed E-state index contributed by atoms with van der Waals surface area (Å²) in [5.74, 6) is -0.390. The van der Waals surface area contributed by atoms with Crippen molar-refractivity contribution in [3.63, 3.8) is 0 Å². The number of carbonyl (C=O) groups excluding carboxylic acids is 3. The Hall–Kier alpha value is -3.39. The number of hydrogen-bond donors (Lipinski definition) is 3. The zero-order chi connectivity index (χ0) is 22.7. The molecule has 2 saturated heterocycles. The summed E-state index contributed by atoms with van der Waals surface area (Å²) in [5.41, 5.74) is 3.94. The van der Waals surface area contributed by atoms with Crippen molar-refractivity contribution in [1.29, 1.82) is 0 Å². The van der Waals surface area contributed by atoms with Crippen molar-refractivity contribution >= 4 is 23.5 Å². The molecule has 2 aliphatic heterocycles. The second-order valence-corrected chi connectivity index (χ2v) is 8.40. The molecule has 0 bridgehead atoms. The van der Waals surface area contributed by atoms with Crippen molar-refractivity contribution in [3.8, 4) is 0 Å². The fraction of sp³-hybridized carbons (Fsp3) is 0.375. The number of fused-ring (bicyclic) bond motifs is 1. The van der Waals surface area contributed by atoms with Crippen LogP contribution >= 0.6 is 0 Å². The molecule has 8 nitrogen and oxygen atoms in total. The van der Waals surface area contributed by atoms with E-state index in [-0.39, 0.29) is 30.5 Å². The van der Waals surface area contributed by atoms with E-state index in [1.54, 1.807) is 4.90 Å². The first-order chi connectivity index (χ1) is 15.4. The highest BCUT2D eigenvalue weighted by Crippen LogP contribution is 2.23. The average Bonchev–Trinajstić information content (AvgIpc) is 3.19. The minimum Gasteiger partial charge on any atom is -0.374 e.